The van der Waals surface area contributed by atoms with Crippen molar-refractivity contribution in [3.63, 3.8) is 0 Å². The van der Waals surface area contributed by atoms with Crippen LogP contribution in [0.1, 0.15) is 5.56 Å². The number of fused-ring (bicyclic) bond motifs is 1. The first-order valence-corrected chi connectivity index (χ1v) is 6.65. The van der Waals surface area contributed by atoms with E-state index >= 15 is 0 Å². The van der Waals surface area contributed by atoms with Crippen LogP contribution in [0.5, 0.6) is 0 Å². The van der Waals surface area contributed by atoms with Crippen LogP contribution in [0.15, 0.2) is 48.9 Å². The first kappa shape index (κ1) is 15.1. The number of nitrogen functional groups attached to an aromatic ring is 1. The summed E-state index contributed by atoms with van der Waals surface area (Å²) >= 11 is 0. The van der Waals surface area contributed by atoms with Crippen molar-refractivity contribution in [1.29, 1.82) is 0 Å². The van der Waals surface area contributed by atoms with Crippen molar-refractivity contribution in [2.75, 3.05) is 17.6 Å². The van der Waals surface area contributed by atoms with E-state index in [1.165, 1.54) is 5.56 Å². The monoisotopic (exact) mass is 303 g/mol. The van der Waals surface area contributed by atoms with Crippen LogP contribution < -0.4 is 28.0 Å². The minimum Gasteiger partial charge on any atom is -1.00 e. The third kappa shape index (κ3) is 3.25. The third-order valence-corrected chi connectivity index (χ3v) is 3.29. The lowest BCUT2D eigenvalue weighted by Gasteiger charge is -2.03. The van der Waals surface area contributed by atoms with Gasteiger partial charge in [-0.15, -0.1) is 5.10 Å². The van der Waals surface area contributed by atoms with Crippen molar-refractivity contribution in [3.05, 3.63) is 54.5 Å². The van der Waals surface area contributed by atoms with E-state index in [1.807, 2.05) is 37.6 Å². The fourth-order valence-corrected chi connectivity index (χ4v) is 2.27. The molecule has 3 N–H and O–H groups in total. The molecule has 0 bridgehead atoms. The van der Waals surface area contributed by atoms with Crippen molar-refractivity contribution in [3.8, 4) is 0 Å². The zero-order valence-corrected chi connectivity index (χ0v) is 12.6. The van der Waals surface area contributed by atoms with Crippen molar-refractivity contribution in [1.82, 2.24) is 9.61 Å². The van der Waals surface area contributed by atoms with E-state index in [0.29, 0.717) is 5.69 Å². The molecule has 6 heteroatoms. The van der Waals surface area contributed by atoms with Crippen LogP contribution >= 0.6 is 0 Å². The zero-order valence-electron chi connectivity index (χ0n) is 11.8. The Labute approximate surface area is 129 Å². The molecule has 110 valence electrons. The number of anilines is 2. The molecule has 0 spiro atoms. The summed E-state index contributed by atoms with van der Waals surface area (Å²) in [6.07, 6.45) is 6.97. The van der Waals surface area contributed by atoms with Gasteiger partial charge in [0, 0.05) is 24.4 Å². The number of hydrogen-bond acceptors (Lipinski definition) is 3. The summed E-state index contributed by atoms with van der Waals surface area (Å²) in [5.41, 5.74) is 9.00. The number of aryl methyl sites for hydroxylation is 1. The van der Waals surface area contributed by atoms with Gasteiger partial charge < -0.3 is 23.5 Å². The van der Waals surface area contributed by atoms with Crippen LogP contribution in [0.3, 0.4) is 0 Å². The maximum absolute atomic E-state index is 6.09. The van der Waals surface area contributed by atoms with Gasteiger partial charge in [-0.2, -0.15) is 0 Å². The van der Waals surface area contributed by atoms with E-state index in [4.69, 9.17) is 5.73 Å². The van der Waals surface area contributed by atoms with Crippen LogP contribution in [0.25, 0.3) is 5.52 Å². The number of nitrogens with zero attached hydrogens (tertiary/aromatic N) is 3. The fraction of sp³-hybridized carbons (Fsp3) is 0.200. The van der Waals surface area contributed by atoms with Crippen LogP contribution in [0, 0.1) is 0 Å². The number of hydrogen-bond donors (Lipinski definition) is 2. The average Bonchev–Trinajstić information content (AvgIpc) is 2.76. The van der Waals surface area contributed by atoms with Crippen LogP contribution in [0.4, 0.5) is 11.5 Å². The zero-order chi connectivity index (χ0) is 13.9. The molecule has 0 atom stereocenters. The second kappa shape index (κ2) is 6.45. The number of nitrogens with one attached hydrogen (secondary N) is 1. The van der Waals surface area contributed by atoms with E-state index in [1.54, 1.807) is 4.52 Å². The molecule has 0 radical (unpaired) electrons. The Bertz CT molecular complexity index is 738. The van der Waals surface area contributed by atoms with Gasteiger partial charge in [0.25, 0.3) is 0 Å². The summed E-state index contributed by atoms with van der Waals surface area (Å²) in [6, 6.07) is 10.0. The molecule has 3 aromatic heterocycles. The molecule has 0 aliphatic rings. The van der Waals surface area contributed by atoms with Crippen LogP contribution in [-0.4, -0.2) is 16.2 Å². The van der Waals surface area contributed by atoms with Gasteiger partial charge in [0.05, 0.1) is 5.52 Å². The van der Waals surface area contributed by atoms with Crippen LogP contribution in [-0.2, 0) is 13.5 Å². The summed E-state index contributed by atoms with van der Waals surface area (Å²) in [7, 11) is 2.02. The second-order valence-corrected chi connectivity index (χ2v) is 4.85. The third-order valence-electron chi connectivity index (χ3n) is 3.29. The maximum atomic E-state index is 6.09. The summed E-state index contributed by atoms with van der Waals surface area (Å²) in [6.45, 7) is 0.804. The number of nitrogens with two attached hydrogens (primary N) is 1. The molecule has 0 aliphatic heterocycles. The molecule has 3 heterocycles. The second-order valence-electron chi connectivity index (χ2n) is 4.85. The van der Waals surface area contributed by atoms with E-state index in [-0.39, 0.29) is 12.4 Å². The van der Waals surface area contributed by atoms with Gasteiger partial charge in [-0.1, -0.05) is 6.07 Å². The Morgan fingerprint density at radius 1 is 1.29 bits per heavy atom. The normalized spacial score (nSPS) is 10.3. The molecule has 0 aromatic carbocycles. The molecule has 0 amide bonds. The van der Waals surface area contributed by atoms with Gasteiger partial charge in [0.15, 0.2) is 18.2 Å². The molecule has 0 aliphatic carbocycles. The van der Waals surface area contributed by atoms with E-state index in [2.05, 4.69) is 33.3 Å². The highest BCUT2D eigenvalue weighted by Gasteiger charge is 2.08. The first-order chi connectivity index (χ1) is 9.74. The van der Waals surface area contributed by atoms with Gasteiger partial charge in [-0.25, -0.2) is 9.08 Å². The molecule has 3 rings (SSSR count). The highest BCUT2D eigenvalue weighted by Crippen LogP contribution is 2.22. The minimum absolute atomic E-state index is 0. The number of pyridine rings is 2. The molecule has 3 aromatic rings. The standard InChI is InChI=1S/C15H18N5.ClH/c1-19-9-4-5-12(11-19)7-8-17-15-14(16)13-6-2-3-10-20(13)18-15;/h2-6,9-11H,7-8,16H2,1H3,(H,17,18);1H/q+1;/p-1. The Morgan fingerprint density at radius 3 is 2.90 bits per heavy atom. The van der Waals surface area contributed by atoms with E-state index < -0.39 is 0 Å². The summed E-state index contributed by atoms with van der Waals surface area (Å²) < 4.78 is 3.84. The number of aromatic nitrogens is 3. The largest absolute Gasteiger partial charge is 1.00 e. The molecule has 0 saturated heterocycles. The maximum Gasteiger partial charge on any atom is 0.172 e. The smallest absolute Gasteiger partial charge is 0.172 e. The van der Waals surface area contributed by atoms with Crippen molar-refractivity contribution in [2.24, 2.45) is 7.05 Å². The Hall–Kier alpha value is -2.27. The van der Waals surface area contributed by atoms with Gasteiger partial charge in [-0.05, 0) is 24.6 Å². The van der Waals surface area contributed by atoms with E-state index in [9.17, 15) is 0 Å². The first-order valence-electron chi connectivity index (χ1n) is 6.65. The van der Waals surface area contributed by atoms with E-state index in [0.717, 1.165) is 24.3 Å². The minimum atomic E-state index is 0. The summed E-state index contributed by atoms with van der Waals surface area (Å²) in [5, 5.41) is 7.74. The number of rotatable bonds is 4. The van der Waals surface area contributed by atoms with Gasteiger partial charge in [-0.3, -0.25) is 0 Å². The molecule has 0 fully saturated rings. The van der Waals surface area contributed by atoms with Gasteiger partial charge in [0.2, 0.25) is 0 Å². The predicted molar refractivity (Wildman–Crippen MR) is 79.4 cm³/mol. The lowest BCUT2D eigenvalue weighted by molar-refractivity contribution is -0.671. The lowest BCUT2D eigenvalue weighted by Crippen LogP contribution is -3.00. The Morgan fingerprint density at radius 2 is 2.14 bits per heavy atom. The quantitative estimate of drug-likeness (QED) is 0.571. The summed E-state index contributed by atoms with van der Waals surface area (Å²) in [5.74, 6) is 0.747. The lowest BCUT2D eigenvalue weighted by atomic mass is 10.2. The van der Waals surface area contributed by atoms with Crippen LogP contribution in [0.2, 0.25) is 0 Å². The average molecular weight is 304 g/mol. The molecule has 21 heavy (non-hydrogen) atoms. The Kier molecular flexibility index (Phi) is 4.65. The summed E-state index contributed by atoms with van der Waals surface area (Å²) in [4.78, 5) is 0. The molecule has 5 nitrogen and oxygen atoms in total. The molecular weight excluding hydrogens is 286 g/mol. The van der Waals surface area contributed by atoms with Crippen molar-refractivity contribution >= 4 is 17.0 Å². The van der Waals surface area contributed by atoms with Gasteiger partial charge >= 0.3 is 0 Å². The molecule has 0 saturated carbocycles. The highest BCUT2D eigenvalue weighted by atomic mass is 35.5. The fourth-order valence-electron chi connectivity index (χ4n) is 2.27. The molecule has 0 unspecified atom stereocenters. The topological polar surface area (TPSA) is 59.2 Å². The number of halogens is 1. The van der Waals surface area contributed by atoms with Gasteiger partial charge in [0.1, 0.15) is 12.7 Å². The highest BCUT2D eigenvalue weighted by molar-refractivity contribution is 5.80. The Balaban J connectivity index is 0.00000161. The molecular formula is C15H18ClN5. The van der Waals surface area contributed by atoms with Crippen molar-refractivity contribution < 1.29 is 17.0 Å². The van der Waals surface area contributed by atoms with Crippen molar-refractivity contribution in [2.45, 2.75) is 6.42 Å². The predicted octanol–water partition coefficient (Wildman–Crippen LogP) is -1.60. The SMILES string of the molecule is C[n+]1cccc(CCNc2nn3ccccc3c2N)c1.[Cl-].